The van der Waals surface area contributed by atoms with Gasteiger partial charge < -0.3 is 10.4 Å². The fourth-order valence-corrected chi connectivity index (χ4v) is 2.45. The molecule has 0 saturated carbocycles. The third kappa shape index (κ3) is 4.58. The number of carbonyl (C=O) groups is 1. The van der Waals surface area contributed by atoms with E-state index in [1.807, 2.05) is 18.2 Å². The average molecular weight is 302 g/mol. The number of thioether (sulfide) groups is 1. The molecule has 21 heavy (non-hydrogen) atoms. The van der Waals surface area contributed by atoms with Gasteiger partial charge in [-0.3, -0.25) is 4.79 Å². The maximum absolute atomic E-state index is 12.0. The largest absolute Gasteiger partial charge is 0.378 e. The van der Waals surface area contributed by atoms with Gasteiger partial charge in [0.05, 0.1) is 0 Å². The lowest BCUT2D eigenvalue weighted by Crippen LogP contribution is -2.21. The van der Waals surface area contributed by atoms with Gasteiger partial charge >= 0.3 is 0 Å². The summed E-state index contributed by atoms with van der Waals surface area (Å²) in [5.74, 6) is 1.90. The summed E-state index contributed by atoms with van der Waals surface area (Å²) in [5, 5.41) is 12.7. The van der Waals surface area contributed by atoms with Crippen LogP contribution in [0.5, 0.6) is 0 Å². The normalized spacial score (nSPS) is 11.9. The second-order valence-corrected chi connectivity index (χ2v) is 5.76. The fourth-order valence-electron chi connectivity index (χ4n) is 1.83. The van der Waals surface area contributed by atoms with Crippen molar-refractivity contribution in [1.82, 2.24) is 4.98 Å². The van der Waals surface area contributed by atoms with Gasteiger partial charge in [-0.15, -0.1) is 0 Å². The third-order valence-electron chi connectivity index (χ3n) is 2.91. The molecule has 1 amide bonds. The van der Waals surface area contributed by atoms with E-state index in [-0.39, 0.29) is 0 Å². The highest BCUT2D eigenvalue weighted by Gasteiger charge is 2.17. The molecule has 0 unspecified atom stereocenters. The smallest absolute Gasteiger partial charge is 0.258 e. The molecule has 5 heteroatoms. The van der Waals surface area contributed by atoms with Crippen molar-refractivity contribution in [2.24, 2.45) is 0 Å². The lowest BCUT2D eigenvalue weighted by atomic mass is 10.1. The van der Waals surface area contributed by atoms with Crippen LogP contribution in [-0.4, -0.2) is 21.8 Å². The Labute approximate surface area is 128 Å². The fraction of sp³-hybridized carbons (Fsp3) is 0.250. The lowest BCUT2D eigenvalue weighted by molar-refractivity contribution is -0.124. The van der Waals surface area contributed by atoms with Crippen LogP contribution in [0.1, 0.15) is 24.2 Å². The Morgan fingerprint density at radius 2 is 2.10 bits per heavy atom. The number of hydrogen-bond donors (Lipinski definition) is 2. The highest BCUT2D eigenvalue weighted by atomic mass is 32.2. The number of benzene rings is 1. The Hall–Kier alpha value is -1.85. The van der Waals surface area contributed by atoms with Crippen molar-refractivity contribution in [2.75, 3.05) is 11.1 Å². The van der Waals surface area contributed by atoms with Gasteiger partial charge in [0.15, 0.2) is 6.10 Å². The summed E-state index contributed by atoms with van der Waals surface area (Å²) in [5.41, 5.74) is 1.66. The Kier molecular flexibility index (Phi) is 5.78. The van der Waals surface area contributed by atoms with Crippen LogP contribution < -0.4 is 5.32 Å². The van der Waals surface area contributed by atoms with E-state index >= 15 is 0 Å². The number of carbonyl (C=O) groups excluding carboxylic acids is 1. The van der Waals surface area contributed by atoms with E-state index < -0.39 is 12.0 Å². The first-order chi connectivity index (χ1) is 10.2. The molecular weight excluding hydrogens is 284 g/mol. The molecule has 0 saturated heterocycles. The molecule has 0 aliphatic heterocycles. The maximum Gasteiger partial charge on any atom is 0.258 e. The summed E-state index contributed by atoms with van der Waals surface area (Å²) in [4.78, 5) is 16.1. The van der Waals surface area contributed by atoms with Gasteiger partial charge in [0.25, 0.3) is 5.91 Å². The molecule has 2 N–H and O–H groups in total. The van der Waals surface area contributed by atoms with E-state index in [1.54, 1.807) is 42.2 Å². The number of pyridine rings is 1. The molecule has 1 aromatic carbocycles. The van der Waals surface area contributed by atoms with Gasteiger partial charge in [0.1, 0.15) is 5.82 Å². The molecule has 2 rings (SSSR count). The van der Waals surface area contributed by atoms with Gasteiger partial charge in [-0.25, -0.2) is 4.98 Å². The van der Waals surface area contributed by atoms with Crippen LogP contribution in [0.25, 0.3) is 0 Å². The predicted octanol–water partition coefficient (Wildman–Crippen LogP) is 3.01. The summed E-state index contributed by atoms with van der Waals surface area (Å²) < 4.78 is 0. The zero-order chi connectivity index (χ0) is 15.1. The Morgan fingerprint density at radius 3 is 2.81 bits per heavy atom. The first-order valence-electron chi connectivity index (χ1n) is 6.77. The van der Waals surface area contributed by atoms with E-state index in [1.165, 1.54) is 0 Å². The second kappa shape index (κ2) is 7.81. The van der Waals surface area contributed by atoms with Crippen molar-refractivity contribution in [3.8, 4) is 0 Å². The molecule has 0 bridgehead atoms. The van der Waals surface area contributed by atoms with Crippen molar-refractivity contribution in [2.45, 2.75) is 18.8 Å². The highest BCUT2D eigenvalue weighted by molar-refractivity contribution is 7.98. The van der Waals surface area contributed by atoms with Crippen LogP contribution in [0.3, 0.4) is 0 Å². The number of aromatic nitrogens is 1. The van der Waals surface area contributed by atoms with Crippen molar-refractivity contribution in [3.63, 3.8) is 0 Å². The molecule has 1 heterocycles. The summed E-state index contributed by atoms with van der Waals surface area (Å²) in [7, 11) is 0. The van der Waals surface area contributed by atoms with Gasteiger partial charge in [-0.1, -0.05) is 37.3 Å². The van der Waals surface area contributed by atoms with Gasteiger partial charge in [-0.05, 0) is 29.0 Å². The van der Waals surface area contributed by atoms with Crippen LogP contribution in [0.15, 0.2) is 48.7 Å². The maximum atomic E-state index is 12.0. The molecule has 0 fully saturated rings. The standard InChI is InChI=1S/C16H18N2O2S/c1-2-21-11-12-8-9-17-14(10-12)18-16(20)15(19)13-6-4-3-5-7-13/h3-10,15,19H,2,11H2,1H3,(H,17,18,20)/t15-/m0/s1. The minimum absolute atomic E-state index is 0.462. The summed E-state index contributed by atoms with van der Waals surface area (Å²) in [6.07, 6.45) is 0.470. The number of nitrogens with one attached hydrogen (secondary N) is 1. The van der Waals surface area contributed by atoms with Gasteiger partial charge in [0.2, 0.25) is 0 Å². The number of aliphatic hydroxyl groups is 1. The third-order valence-corrected chi connectivity index (χ3v) is 3.86. The zero-order valence-electron chi connectivity index (χ0n) is 11.8. The minimum atomic E-state index is -1.19. The number of amides is 1. The Balaban J connectivity index is 2.02. The van der Waals surface area contributed by atoms with Crippen LogP contribution >= 0.6 is 11.8 Å². The number of anilines is 1. The number of nitrogens with zero attached hydrogens (tertiary/aromatic N) is 1. The molecule has 0 aliphatic rings. The monoisotopic (exact) mass is 302 g/mol. The van der Waals surface area contributed by atoms with Crippen LogP contribution in [-0.2, 0) is 10.5 Å². The Bertz CT molecular complexity index is 590. The van der Waals surface area contributed by atoms with Gasteiger partial charge in [0, 0.05) is 11.9 Å². The molecule has 1 aromatic heterocycles. The number of rotatable bonds is 6. The van der Waals surface area contributed by atoms with E-state index in [4.69, 9.17) is 0 Å². The highest BCUT2D eigenvalue weighted by Crippen LogP contribution is 2.17. The van der Waals surface area contributed by atoms with Crippen molar-refractivity contribution < 1.29 is 9.90 Å². The van der Waals surface area contributed by atoms with Gasteiger partial charge in [-0.2, -0.15) is 11.8 Å². The molecule has 0 aliphatic carbocycles. The van der Waals surface area contributed by atoms with Crippen LogP contribution in [0.2, 0.25) is 0 Å². The van der Waals surface area contributed by atoms with Crippen molar-refractivity contribution in [1.29, 1.82) is 0 Å². The molecule has 4 nitrogen and oxygen atoms in total. The first kappa shape index (κ1) is 15.5. The van der Waals surface area contributed by atoms with E-state index in [0.29, 0.717) is 11.4 Å². The lowest BCUT2D eigenvalue weighted by Gasteiger charge is -2.11. The summed E-state index contributed by atoms with van der Waals surface area (Å²) in [6.45, 7) is 2.10. The molecule has 0 spiro atoms. The SMILES string of the molecule is CCSCc1ccnc(NC(=O)[C@@H](O)c2ccccc2)c1. The van der Waals surface area contributed by atoms with Crippen molar-refractivity contribution >= 4 is 23.5 Å². The molecule has 2 aromatic rings. The zero-order valence-corrected chi connectivity index (χ0v) is 12.6. The average Bonchev–Trinajstić information content (AvgIpc) is 2.53. The van der Waals surface area contributed by atoms with Crippen LogP contribution in [0, 0.1) is 0 Å². The summed E-state index contributed by atoms with van der Waals surface area (Å²) >= 11 is 1.80. The van der Waals surface area contributed by atoms with E-state index in [9.17, 15) is 9.90 Å². The molecule has 110 valence electrons. The quantitative estimate of drug-likeness (QED) is 0.861. The first-order valence-corrected chi connectivity index (χ1v) is 7.92. The van der Waals surface area contributed by atoms with E-state index in [0.717, 1.165) is 17.1 Å². The summed E-state index contributed by atoms with van der Waals surface area (Å²) in [6, 6.07) is 12.6. The molecular formula is C16H18N2O2S. The van der Waals surface area contributed by atoms with Crippen LogP contribution in [0.4, 0.5) is 5.82 Å². The van der Waals surface area contributed by atoms with Crippen molar-refractivity contribution in [3.05, 3.63) is 59.8 Å². The number of hydrogen-bond acceptors (Lipinski definition) is 4. The molecule has 1 atom stereocenters. The topological polar surface area (TPSA) is 62.2 Å². The van der Waals surface area contributed by atoms with E-state index in [2.05, 4.69) is 17.2 Å². The predicted molar refractivity (Wildman–Crippen MR) is 86.1 cm³/mol. The second-order valence-electron chi connectivity index (χ2n) is 4.49. The number of aliphatic hydroxyl groups excluding tert-OH is 1. The minimum Gasteiger partial charge on any atom is -0.378 e. The Morgan fingerprint density at radius 1 is 1.33 bits per heavy atom. The molecule has 0 radical (unpaired) electrons.